The standard InChI is InChI=1S/C82H139NO8/c1-6-8-10-12-14-16-18-20-22-24-26-28-30-32-34-36-38-39-40-41-43-44-46-48-50-52-54-56-58-60-62-64-66-68-70-72-79(84)89-76-78(77-90-82(81(86)87)88-75-74-83(3,4)5)91-80(85)73-71-69-67-65-63-61-59-57-55-53-51-49-47-45-42-37-35-33-31-29-27-25-23-21-19-17-15-13-11-9-7-2/h8-11,14-17,20-23,26-29,32-35,42,45,78,82H,6-7,12-13,18-19,24-25,30-31,36-41,43-44,46-77H2,1-5H3/p+1/b10-8-,11-9-,16-14-,17-15-,22-20-,23-21-,28-26-,29-27-,34-32-,35-33-,45-42-. The number of allylic oxidation sites excluding steroid dienone is 22. The number of carboxylic acid groups (broad SMARTS) is 1. The molecule has 0 amide bonds. The lowest BCUT2D eigenvalue weighted by atomic mass is 10.0. The summed E-state index contributed by atoms with van der Waals surface area (Å²) in [5.74, 6) is -2.00. The fourth-order valence-corrected chi connectivity index (χ4v) is 10.3. The van der Waals surface area contributed by atoms with Crippen LogP contribution in [-0.4, -0.2) is 87.4 Å². The van der Waals surface area contributed by atoms with Gasteiger partial charge in [-0.25, -0.2) is 4.79 Å². The summed E-state index contributed by atoms with van der Waals surface area (Å²) in [4.78, 5) is 37.7. The number of aliphatic carboxylic acids is 1. The van der Waals surface area contributed by atoms with Crippen LogP contribution in [0.2, 0.25) is 0 Å². The summed E-state index contributed by atoms with van der Waals surface area (Å²) in [6.07, 6.45) is 100. The molecule has 0 aromatic heterocycles. The second kappa shape index (κ2) is 71.3. The first-order chi connectivity index (χ1) is 44.6. The van der Waals surface area contributed by atoms with Crippen molar-refractivity contribution in [2.24, 2.45) is 0 Å². The van der Waals surface area contributed by atoms with Crippen LogP contribution in [0.25, 0.3) is 0 Å². The van der Waals surface area contributed by atoms with E-state index in [4.69, 9.17) is 18.9 Å². The zero-order chi connectivity index (χ0) is 66.1. The van der Waals surface area contributed by atoms with Crippen molar-refractivity contribution in [3.05, 3.63) is 134 Å². The van der Waals surface area contributed by atoms with Gasteiger partial charge in [-0.2, -0.15) is 0 Å². The Morgan fingerprint density at radius 3 is 0.879 bits per heavy atom. The number of likely N-dealkylation sites (N-methyl/N-ethyl adjacent to an activating group) is 1. The van der Waals surface area contributed by atoms with Crippen LogP contribution in [0.5, 0.6) is 0 Å². The van der Waals surface area contributed by atoms with Crippen molar-refractivity contribution in [1.82, 2.24) is 0 Å². The van der Waals surface area contributed by atoms with Crippen LogP contribution in [0.4, 0.5) is 0 Å². The summed E-state index contributed by atoms with van der Waals surface area (Å²) in [5, 5.41) is 9.76. The Labute approximate surface area is 560 Å². The molecular weight excluding hydrogens is 1130 g/mol. The minimum absolute atomic E-state index is 0.183. The molecular formula is C82H140NO8+. The Balaban J connectivity index is 4.08. The minimum Gasteiger partial charge on any atom is -0.477 e. The second-order valence-corrected chi connectivity index (χ2v) is 25.8. The summed E-state index contributed by atoms with van der Waals surface area (Å²) in [6, 6.07) is 0. The number of rotatable bonds is 68. The van der Waals surface area contributed by atoms with E-state index in [1.807, 2.05) is 21.1 Å². The molecule has 9 nitrogen and oxygen atoms in total. The lowest BCUT2D eigenvalue weighted by Gasteiger charge is -2.25. The van der Waals surface area contributed by atoms with E-state index in [2.05, 4.69) is 148 Å². The van der Waals surface area contributed by atoms with Crippen molar-refractivity contribution in [2.45, 2.75) is 322 Å². The number of carbonyl (C=O) groups excluding carboxylic acids is 2. The van der Waals surface area contributed by atoms with E-state index in [-0.39, 0.29) is 32.2 Å². The molecule has 91 heavy (non-hydrogen) atoms. The summed E-state index contributed by atoms with van der Waals surface area (Å²) >= 11 is 0. The van der Waals surface area contributed by atoms with Gasteiger partial charge in [0, 0.05) is 12.8 Å². The van der Waals surface area contributed by atoms with Crippen molar-refractivity contribution in [3.8, 4) is 0 Å². The molecule has 0 saturated heterocycles. The number of esters is 2. The van der Waals surface area contributed by atoms with Crippen molar-refractivity contribution >= 4 is 17.9 Å². The molecule has 0 aromatic carbocycles. The molecule has 520 valence electrons. The summed E-state index contributed by atoms with van der Waals surface area (Å²) < 4.78 is 23.0. The Kier molecular flexibility index (Phi) is 67.7. The molecule has 0 aliphatic rings. The van der Waals surface area contributed by atoms with E-state index in [9.17, 15) is 19.5 Å². The third kappa shape index (κ3) is 72.7. The van der Waals surface area contributed by atoms with Crippen molar-refractivity contribution in [3.63, 3.8) is 0 Å². The van der Waals surface area contributed by atoms with Gasteiger partial charge in [-0.3, -0.25) is 9.59 Å². The summed E-state index contributed by atoms with van der Waals surface area (Å²) in [6.45, 7) is 4.67. The monoisotopic (exact) mass is 1270 g/mol. The average molecular weight is 1270 g/mol. The first kappa shape index (κ1) is 86.4. The first-order valence-corrected chi connectivity index (χ1v) is 37.3. The molecule has 0 aliphatic carbocycles. The van der Waals surface area contributed by atoms with Gasteiger partial charge >= 0.3 is 17.9 Å². The molecule has 0 saturated carbocycles. The number of carboxylic acids is 1. The second-order valence-electron chi connectivity index (χ2n) is 25.8. The van der Waals surface area contributed by atoms with E-state index in [0.717, 1.165) is 109 Å². The van der Waals surface area contributed by atoms with Crippen molar-refractivity contribution in [2.75, 3.05) is 47.5 Å². The molecule has 9 heteroatoms. The van der Waals surface area contributed by atoms with Crippen LogP contribution in [0.3, 0.4) is 0 Å². The van der Waals surface area contributed by atoms with Crippen molar-refractivity contribution in [1.29, 1.82) is 0 Å². The van der Waals surface area contributed by atoms with Gasteiger partial charge in [0.2, 0.25) is 0 Å². The van der Waals surface area contributed by atoms with Crippen molar-refractivity contribution < 1.29 is 42.9 Å². The molecule has 0 rings (SSSR count). The van der Waals surface area contributed by atoms with Crippen LogP contribution in [0.1, 0.15) is 309 Å². The highest BCUT2D eigenvalue weighted by molar-refractivity contribution is 5.71. The Hall–Kier alpha value is -4.57. The number of ether oxygens (including phenoxy) is 4. The molecule has 0 heterocycles. The van der Waals surface area contributed by atoms with Crippen LogP contribution < -0.4 is 0 Å². The molecule has 1 N–H and O–H groups in total. The van der Waals surface area contributed by atoms with Gasteiger partial charge in [-0.1, -0.05) is 321 Å². The van der Waals surface area contributed by atoms with E-state index < -0.39 is 24.3 Å². The number of unbranched alkanes of at least 4 members (excludes halogenated alkanes) is 31. The maximum Gasteiger partial charge on any atom is 0.361 e. The fraction of sp³-hybridized carbons (Fsp3) is 0.695. The van der Waals surface area contributed by atoms with Crippen LogP contribution >= 0.6 is 0 Å². The van der Waals surface area contributed by atoms with Gasteiger partial charge < -0.3 is 28.5 Å². The molecule has 2 atom stereocenters. The molecule has 0 aliphatic heterocycles. The van der Waals surface area contributed by atoms with E-state index in [0.29, 0.717) is 23.9 Å². The Morgan fingerprint density at radius 1 is 0.330 bits per heavy atom. The van der Waals surface area contributed by atoms with Crippen LogP contribution in [0, 0.1) is 0 Å². The Bertz CT molecular complexity index is 1960. The lowest BCUT2D eigenvalue weighted by Crippen LogP contribution is -2.40. The fourth-order valence-electron chi connectivity index (χ4n) is 10.3. The van der Waals surface area contributed by atoms with Gasteiger partial charge in [0.15, 0.2) is 6.10 Å². The van der Waals surface area contributed by atoms with Gasteiger partial charge in [0.1, 0.15) is 13.2 Å². The molecule has 0 bridgehead atoms. The third-order valence-electron chi connectivity index (χ3n) is 15.9. The zero-order valence-corrected chi connectivity index (χ0v) is 59.5. The summed E-state index contributed by atoms with van der Waals surface area (Å²) in [5.41, 5.74) is 0. The zero-order valence-electron chi connectivity index (χ0n) is 59.5. The highest BCUT2D eigenvalue weighted by Crippen LogP contribution is 2.18. The summed E-state index contributed by atoms with van der Waals surface area (Å²) in [7, 11) is 5.98. The maximum atomic E-state index is 13.0. The quantitative estimate of drug-likeness (QED) is 0.0211. The Morgan fingerprint density at radius 2 is 0.593 bits per heavy atom. The van der Waals surface area contributed by atoms with Gasteiger partial charge in [0.25, 0.3) is 6.29 Å². The number of carbonyl (C=O) groups is 3. The van der Waals surface area contributed by atoms with E-state index >= 15 is 0 Å². The van der Waals surface area contributed by atoms with Gasteiger partial charge in [0.05, 0.1) is 34.4 Å². The lowest BCUT2D eigenvalue weighted by molar-refractivity contribution is -0.870. The molecule has 0 radical (unpaired) electrons. The largest absolute Gasteiger partial charge is 0.477 e. The molecule has 0 fully saturated rings. The SMILES string of the molecule is CC/C=C\C/C=C\C/C=C\C/C=C\C/C=C\C/C=C\CCCCCCCCCCCCCCC(=O)OC(COC(=O)CCCCCCCCCCCCCCCCCCCCC/C=C\C/C=C\C/C=C\C/C=C\C/C=C\CC)COC(OCC[N+](C)(C)C)C(=O)O. The molecule has 0 aromatic rings. The normalized spacial score (nSPS) is 13.5. The third-order valence-corrected chi connectivity index (χ3v) is 15.9. The van der Waals surface area contributed by atoms with Gasteiger partial charge in [-0.05, 0) is 109 Å². The predicted octanol–water partition coefficient (Wildman–Crippen LogP) is 23.7. The van der Waals surface area contributed by atoms with Gasteiger partial charge in [-0.15, -0.1) is 0 Å². The van der Waals surface area contributed by atoms with E-state index in [1.54, 1.807) is 0 Å². The van der Waals surface area contributed by atoms with E-state index in [1.165, 1.54) is 167 Å². The maximum absolute atomic E-state index is 13.0. The molecule has 2 unspecified atom stereocenters. The van der Waals surface area contributed by atoms with Crippen LogP contribution in [0.15, 0.2) is 134 Å². The number of nitrogens with zero attached hydrogens (tertiary/aromatic N) is 1. The highest BCUT2D eigenvalue weighted by Gasteiger charge is 2.25. The topological polar surface area (TPSA) is 108 Å². The number of hydrogen-bond donors (Lipinski definition) is 1. The average Bonchev–Trinajstić information content (AvgIpc) is 3.65. The smallest absolute Gasteiger partial charge is 0.361 e. The van der Waals surface area contributed by atoms with Crippen LogP contribution in [-0.2, 0) is 33.3 Å². The number of quaternary nitrogens is 1. The predicted molar refractivity (Wildman–Crippen MR) is 391 cm³/mol. The molecule has 0 spiro atoms. The number of hydrogen-bond acceptors (Lipinski definition) is 7. The minimum atomic E-state index is -1.52. The first-order valence-electron chi connectivity index (χ1n) is 37.3. The highest BCUT2D eigenvalue weighted by atomic mass is 16.7.